The summed E-state index contributed by atoms with van der Waals surface area (Å²) in [5.41, 5.74) is 0. The van der Waals surface area contributed by atoms with Crippen LogP contribution in [0.5, 0.6) is 0 Å². The van der Waals surface area contributed by atoms with Crippen LogP contribution in [0.1, 0.15) is 32.6 Å². The van der Waals surface area contributed by atoms with Gasteiger partial charge in [0.2, 0.25) is 0 Å². The van der Waals surface area contributed by atoms with Crippen molar-refractivity contribution in [2.45, 2.75) is 50.9 Å². The maximum atomic E-state index is 12.4. The molecule has 108 valence electrons. The van der Waals surface area contributed by atoms with Gasteiger partial charge >= 0.3 is 5.97 Å². The molecule has 0 spiro atoms. The van der Waals surface area contributed by atoms with Gasteiger partial charge in [0.15, 0.2) is 6.10 Å². The lowest BCUT2D eigenvalue weighted by Gasteiger charge is -2.35. The smallest absolute Gasteiger partial charge is 0.332 e. The number of rotatable bonds is 4. The van der Waals surface area contributed by atoms with Gasteiger partial charge in [0.1, 0.15) is 6.10 Å². The summed E-state index contributed by atoms with van der Waals surface area (Å²) in [4.78, 5) is 25.1. The standard InChI is InChI=1S/C13H22N2O4/c1-2-15(9-5-7-14-8-6-9)12(16)10-3-4-11(19-10)13(17)18/h9-11,14H,2-8H2,1H3,(H,17,18)/t10-,11+/m0/s1. The minimum atomic E-state index is -0.972. The third-order valence-electron chi connectivity index (χ3n) is 3.94. The Labute approximate surface area is 113 Å². The van der Waals surface area contributed by atoms with Gasteiger partial charge in [-0.15, -0.1) is 0 Å². The Morgan fingerprint density at radius 3 is 2.37 bits per heavy atom. The summed E-state index contributed by atoms with van der Waals surface area (Å²) >= 11 is 0. The average Bonchev–Trinajstić information content (AvgIpc) is 2.90. The van der Waals surface area contributed by atoms with E-state index in [9.17, 15) is 9.59 Å². The Bertz CT molecular complexity index is 342. The van der Waals surface area contributed by atoms with Crippen LogP contribution in [0.4, 0.5) is 0 Å². The molecule has 2 fully saturated rings. The molecule has 6 nitrogen and oxygen atoms in total. The van der Waals surface area contributed by atoms with E-state index in [-0.39, 0.29) is 11.9 Å². The Morgan fingerprint density at radius 1 is 1.21 bits per heavy atom. The fourth-order valence-electron chi connectivity index (χ4n) is 2.90. The Kier molecular flexibility index (Phi) is 4.76. The molecule has 2 atom stereocenters. The highest BCUT2D eigenvalue weighted by molar-refractivity contribution is 5.83. The van der Waals surface area contributed by atoms with Crippen molar-refractivity contribution in [1.82, 2.24) is 10.2 Å². The zero-order valence-electron chi connectivity index (χ0n) is 11.3. The van der Waals surface area contributed by atoms with Gasteiger partial charge in [-0.25, -0.2) is 4.79 Å². The lowest BCUT2D eigenvalue weighted by Crippen LogP contribution is -2.49. The van der Waals surface area contributed by atoms with Crippen molar-refractivity contribution >= 4 is 11.9 Å². The molecule has 0 saturated carbocycles. The molecule has 1 amide bonds. The number of hydrogen-bond acceptors (Lipinski definition) is 4. The van der Waals surface area contributed by atoms with Crippen molar-refractivity contribution in [1.29, 1.82) is 0 Å². The molecule has 2 heterocycles. The Balaban J connectivity index is 1.95. The number of hydrogen-bond donors (Lipinski definition) is 2. The number of carboxylic acids is 1. The second-order valence-corrected chi connectivity index (χ2v) is 5.13. The third kappa shape index (κ3) is 3.25. The molecule has 0 aromatic carbocycles. The molecule has 6 heteroatoms. The van der Waals surface area contributed by atoms with Gasteiger partial charge in [0, 0.05) is 12.6 Å². The predicted octanol–water partition coefficient (Wildman–Crippen LogP) is 0.219. The summed E-state index contributed by atoms with van der Waals surface area (Å²) in [5, 5.41) is 12.2. The molecule has 2 N–H and O–H groups in total. The molecular formula is C13H22N2O4. The van der Waals surface area contributed by atoms with E-state index in [1.165, 1.54) is 0 Å². The number of piperidine rings is 1. The summed E-state index contributed by atoms with van der Waals surface area (Å²) in [6.45, 7) is 4.47. The van der Waals surface area contributed by atoms with E-state index in [0.717, 1.165) is 25.9 Å². The molecule has 2 saturated heterocycles. The van der Waals surface area contributed by atoms with E-state index in [1.54, 1.807) is 0 Å². The third-order valence-corrected chi connectivity index (χ3v) is 3.94. The van der Waals surface area contributed by atoms with Gasteiger partial charge in [-0.1, -0.05) is 0 Å². The number of ether oxygens (including phenoxy) is 1. The van der Waals surface area contributed by atoms with Crippen molar-refractivity contribution in [3.8, 4) is 0 Å². The van der Waals surface area contributed by atoms with E-state index in [0.29, 0.717) is 19.4 Å². The van der Waals surface area contributed by atoms with Crippen molar-refractivity contribution in [2.24, 2.45) is 0 Å². The highest BCUT2D eigenvalue weighted by Gasteiger charge is 2.38. The lowest BCUT2D eigenvalue weighted by atomic mass is 10.0. The van der Waals surface area contributed by atoms with Crippen LogP contribution in [0.2, 0.25) is 0 Å². The van der Waals surface area contributed by atoms with Crippen molar-refractivity contribution in [2.75, 3.05) is 19.6 Å². The van der Waals surface area contributed by atoms with E-state index < -0.39 is 18.2 Å². The zero-order chi connectivity index (χ0) is 13.8. The number of carbonyl (C=O) groups excluding carboxylic acids is 1. The lowest BCUT2D eigenvalue weighted by molar-refractivity contribution is -0.155. The summed E-state index contributed by atoms with van der Waals surface area (Å²) in [6, 6.07) is 0.256. The number of nitrogens with one attached hydrogen (secondary N) is 1. The van der Waals surface area contributed by atoms with Crippen LogP contribution in [-0.2, 0) is 14.3 Å². The first-order valence-corrected chi connectivity index (χ1v) is 7.03. The van der Waals surface area contributed by atoms with Crippen LogP contribution in [0.15, 0.2) is 0 Å². The molecule has 0 aromatic rings. The first-order valence-electron chi connectivity index (χ1n) is 7.03. The van der Waals surface area contributed by atoms with Crippen molar-refractivity contribution in [3.05, 3.63) is 0 Å². The van der Waals surface area contributed by atoms with Crippen LogP contribution >= 0.6 is 0 Å². The van der Waals surface area contributed by atoms with Crippen LogP contribution in [0.25, 0.3) is 0 Å². The summed E-state index contributed by atoms with van der Waals surface area (Å²) in [5.74, 6) is -1.02. The topological polar surface area (TPSA) is 78.9 Å². The van der Waals surface area contributed by atoms with Gasteiger partial charge in [-0.05, 0) is 45.7 Å². The summed E-state index contributed by atoms with van der Waals surface area (Å²) < 4.78 is 5.35. The number of carbonyl (C=O) groups is 2. The number of aliphatic carboxylic acids is 1. The zero-order valence-corrected chi connectivity index (χ0v) is 11.3. The van der Waals surface area contributed by atoms with Crippen LogP contribution in [0.3, 0.4) is 0 Å². The predicted molar refractivity (Wildman–Crippen MR) is 68.8 cm³/mol. The maximum Gasteiger partial charge on any atom is 0.332 e. The van der Waals surface area contributed by atoms with E-state index in [2.05, 4.69) is 5.32 Å². The number of carboxylic acid groups (broad SMARTS) is 1. The first kappa shape index (κ1) is 14.3. The molecular weight excluding hydrogens is 248 g/mol. The fourth-order valence-corrected chi connectivity index (χ4v) is 2.90. The van der Waals surface area contributed by atoms with E-state index in [4.69, 9.17) is 9.84 Å². The molecule has 0 bridgehead atoms. The molecule has 2 aliphatic rings. The minimum Gasteiger partial charge on any atom is -0.479 e. The van der Waals surface area contributed by atoms with Gasteiger partial charge in [-0.2, -0.15) is 0 Å². The Hall–Kier alpha value is -1.14. The molecule has 19 heavy (non-hydrogen) atoms. The van der Waals surface area contributed by atoms with Crippen molar-refractivity contribution in [3.63, 3.8) is 0 Å². The molecule has 2 rings (SSSR count). The van der Waals surface area contributed by atoms with Crippen LogP contribution in [-0.4, -0.2) is 59.8 Å². The molecule has 0 radical (unpaired) electrons. The monoisotopic (exact) mass is 270 g/mol. The second kappa shape index (κ2) is 6.34. The normalized spacial score (nSPS) is 28.3. The molecule has 2 aliphatic heterocycles. The highest BCUT2D eigenvalue weighted by Crippen LogP contribution is 2.23. The van der Waals surface area contributed by atoms with E-state index in [1.807, 2.05) is 11.8 Å². The number of amides is 1. The summed E-state index contributed by atoms with van der Waals surface area (Å²) in [7, 11) is 0. The second-order valence-electron chi connectivity index (χ2n) is 5.13. The van der Waals surface area contributed by atoms with Crippen LogP contribution in [0, 0.1) is 0 Å². The average molecular weight is 270 g/mol. The molecule has 0 aromatic heterocycles. The van der Waals surface area contributed by atoms with Gasteiger partial charge in [0.05, 0.1) is 0 Å². The van der Waals surface area contributed by atoms with Crippen molar-refractivity contribution < 1.29 is 19.4 Å². The highest BCUT2D eigenvalue weighted by atomic mass is 16.5. The fraction of sp³-hybridized carbons (Fsp3) is 0.846. The van der Waals surface area contributed by atoms with Gasteiger partial charge < -0.3 is 20.1 Å². The Morgan fingerprint density at radius 2 is 1.84 bits per heavy atom. The molecule has 0 unspecified atom stereocenters. The quantitative estimate of drug-likeness (QED) is 0.764. The number of nitrogens with zero attached hydrogens (tertiary/aromatic N) is 1. The summed E-state index contributed by atoms with van der Waals surface area (Å²) in [6.07, 6.45) is 1.45. The SMILES string of the molecule is CCN(C(=O)[C@@H]1CC[C@H](C(=O)O)O1)C1CCNCC1. The van der Waals surface area contributed by atoms with E-state index >= 15 is 0 Å². The van der Waals surface area contributed by atoms with Gasteiger partial charge in [0.25, 0.3) is 5.91 Å². The maximum absolute atomic E-state index is 12.4. The largest absolute Gasteiger partial charge is 0.479 e. The first-order chi connectivity index (χ1) is 9.13. The number of likely N-dealkylation sites (N-methyl/N-ethyl adjacent to an activating group) is 1. The van der Waals surface area contributed by atoms with Gasteiger partial charge in [-0.3, -0.25) is 4.79 Å². The van der Waals surface area contributed by atoms with Crippen LogP contribution < -0.4 is 5.32 Å². The minimum absolute atomic E-state index is 0.0434. The molecule has 0 aliphatic carbocycles.